The summed E-state index contributed by atoms with van der Waals surface area (Å²) >= 11 is 5.99. The van der Waals surface area contributed by atoms with Gasteiger partial charge in [0.25, 0.3) is 0 Å². The number of hydrogen-bond donors (Lipinski definition) is 1. The molecule has 2 unspecified atom stereocenters. The highest BCUT2D eigenvalue weighted by Gasteiger charge is 2.37. The minimum absolute atomic E-state index is 0.0567. The maximum absolute atomic E-state index is 9.43. The van der Waals surface area contributed by atoms with E-state index in [0.717, 1.165) is 16.7 Å². The lowest BCUT2D eigenvalue weighted by atomic mass is 9.79. The van der Waals surface area contributed by atoms with Crippen LogP contribution in [0.3, 0.4) is 0 Å². The molecule has 0 saturated heterocycles. The molecule has 0 aliphatic carbocycles. The first-order valence-corrected chi connectivity index (χ1v) is 6.85. The Kier molecular flexibility index (Phi) is 3.36. The summed E-state index contributed by atoms with van der Waals surface area (Å²) in [6.07, 6.45) is 3.50. The average Bonchev–Trinajstić information content (AvgIpc) is 2.45. The van der Waals surface area contributed by atoms with Crippen molar-refractivity contribution in [3.8, 4) is 11.8 Å². The van der Waals surface area contributed by atoms with Gasteiger partial charge in [0.2, 0.25) is 5.90 Å². The predicted octanol–water partition coefficient (Wildman–Crippen LogP) is 3.68. The van der Waals surface area contributed by atoms with Gasteiger partial charge in [0.15, 0.2) is 0 Å². The molecular formula is C16H12ClN3O. The van der Waals surface area contributed by atoms with Crippen LogP contribution in [0.5, 0.6) is 5.75 Å². The van der Waals surface area contributed by atoms with Crippen LogP contribution in [-0.2, 0) is 0 Å². The van der Waals surface area contributed by atoms with Crippen LogP contribution in [0.2, 0.25) is 5.02 Å². The van der Waals surface area contributed by atoms with E-state index in [-0.39, 0.29) is 11.8 Å². The fourth-order valence-corrected chi connectivity index (χ4v) is 2.78. The van der Waals surface area contributed by atoms with E-state index < -0.39 is 5.92 Å². The summed E-state index contributed by atoms with van der Waals surface area (Å²) in [6.45, 7) is 1.95. The number of fused-ring (bicyclic) bond motifs is 1. The first kappa shape index (κ1) is 13.6. The van der Waals surface area contributed by atoms with Crippen LogP contribution in [0.4, 0.5) is 0 Å². The minimum Gasteiger partial charge on any atom is -0.442 e. The van der Waals surface area contributed by atoms with E-state index >= 15 is 0 Å². The zero-order valence-corrected chi connectivity index (χ0v) is 12.1. The summed E-state index contributed by atoms with van der Waals surface area (Å²) < 4.78 is 5.45. The molecule has 2 atom stereocenters. The molecule has 4 nitrogen and oxygen atoms in total. The third-order valence-corrected chi connectivity index (χ3v) is 3.78. The van der Waals surface area contributed by atoms with E-state index in [0.29, 0.717) is 10.8 Å². The molecule has 1 aromatic heterocycles. The number of ether oxygens (including phenoxy) is 1. The van der Waals surface area contributed by atoms with Crippen LogP contribution in [0.25, 0.3) is 0 Å². The molecule has 0 bridgehead atoms. The van der Waals surface area contributed by atoms with E-state index in [2.05, 4.69) is 11.1 Å². The summed E-state index contributed by atoms with van der Waals surface area (Å²) in [5.74, 6) is -0.456. The Bertz CT molecular complexity index is 766. The second-order valence-electron chi connectivity index (χ2n) is 5.03. The molecule has 1 aliphatic heterocycles. The largest absolute Gasteiger partial charge is 0.442 e. The Morgan fingerprint density at radius 2 is 2.14 bits per heavy atom. The lowest BCUT2D eigenvalue weighted by molar-refractivity contribution is 0.450. The van der Waals surface area contributed by atoms with Crippen molar-refractivity contribution in [1.82, 2.24) is 4.98 Å². The third kappa shape index (κ3) is 2.37. The van der Waals surface area contributed by atoms with Crippen LogP contribution >= 0.6 is 11.6 Å². The first-order chi connectivity index (χ1) is 10.1. The molecule has 2 heterocycles. The van der Waals surface area contributed by atoms with Gasteiger partial charge in [0.05, 0.1) is 6.07 Å². The maximum atomic E-state index is 9.43. The fraction of sp³-hybridized carbons (Fsp3) is 0.188. The molecule has 2 aromatic rings. The highest BCUT2D eigenvalue weighted by molar-refractivity contribution is 6.30. The smallest absolute Gasteiger partial charge is 0.205 e. The number of benzene rings is 1. The van der Waals surface area contributed by atoms with E-state index in [9.17, 15) is 5.26 Å². The van der Waals surface area contributed by atoms with E-state index in [1.54, 1.807) is 24.5 Å². The van der Waals surface area contributed by atoms with Gasteiger partial charge in [-0.15, -0.1) is 0 Å². The van der Waals surface area contributed by atoms with Crippen molar-refractivity contribution >= 4 is 17.5 Å². The third-order valence-electron chi connectivity index (χ3n) is 3.54. The molecule has 0 amide bonds. The Labute approximate surface area is 127 Å². The molecule has 5 heteroatoms. The molecule has 0 saturated carbocycles. The van der Waals surface area contributed by atoms with Crippen LogP contribution in [0, 0.1) is 29.6 Å². The summed E-state index contributed by atoms with van der Waals surface area (Å²) in [5.41, 5.74) is 2.77. The summed E-state index contributed by atoms with van der Waals surface area (Å²) in [5, 5.41) is 17.9. The van der Waals surface area contributed by atoms with Gasteiger partial charge in [-0.05, 0) is 30.2 Å². The molecule has 0 radical (unpaired) electrons. The van der Waals surface area contributed by atoms with Crippen molar-refractivity contribution in [2.24, 2.45) is 5.92 Å². The number of pyridine rings is 1. The monoisotopic (exact) mass is 297 g/mol. The van der Waals surface area contributed by atoms with Gasteiger partial charge in [-0.3, -0.25) is 10.4 Å². The lowest BCUT2D eigenvalue weighted by Crippen LogP contribution is -2.31. The van der Waals surface area contributed by atoms with E-state index in [1.165, 1.54) is 0 Å². The van der Waals surface area contributed by atoms with Crippen LogP contribution in [-0.4, -0.2) is 10.9 Å². The number of rotatable bonds is 1. The predicted molar refractivity (Wildman–Crippen MR) is 79.7 cm³/mol. The van der Waals surface area contributed by atoms with Crippen molar-refractivity contribution in [3.05, 3.63) is 58.4 Å². The van der Waals surface area contributed by atoms with Crippen molar-refractivity contribution in [1.29, 1.82) is 10.7 Å². The number of halogens is 1. The number of nitrogens with one attached hydrogen (secondary N) is 1. The summed E-state index contributed by atoms with van der Waals surface area (Å²) in [7, 11) is 0. The molecule has 0 fully saturated rings. The normalized spacial score (nSPS) is 20.3. The summed E-state index contributed by atoms with van der Waals surface area (Å²) in [6, 6.07) is 9.44. The van der Waals surface area contributed by atoms with Crippen LogP contribution in [0.1, 0.15) is 22.6 Å². The second-order valence-corrected chi connectivity index (χ2v) is 5.46. The van der Waals surface area contributed by atoms with Crippen molar-refractivity contribution < 1.29 is 4.74 Å². The highest BCUT2D eigenvalue weighted by atomic mass is 35.5. The van der Waals surface area contributed by atoms with Crippen LogP contribution in [0.15, 0.2) is 36.7 Å². The molecule has 0 spiro atoms. The standard InChI is InChI=1S/C16H12ClN3O/c1-9-4-10(8-20-7-9)15-12-3-2-11(17)5-14(12)21-16(19)13(15)6-18/h2-5,7-8,13,15,19H,1H3. The number of aromatic nitrogens is 1. The van der Waals surface area contributed by atoms with Gasteiger partial charge < -0.3 is 4.74 Å². The quantitative estimate of drug-likeness (QED) is 0.872. The average molecular weight is 298 g/mol. The SMILES string of the molecule is Cc1cncc(C2c3ccc(Cl)cc3OC(=N)C2C#N)c1. The number of nitrogens with zero attached hydrogens (tertiary/aromatic N) is 2. The van der Waals surface area contributed by atoms with Crippen molar-refractivity contribution in [2.45, 2.75) is 12.8 Å². The maximum Gasteiger partial charge on any atom is 0.205 e. The van der Waals surface area contributed by atoms with E-state index in [1.807, 2.05) is 19.1 Å². The van der Waals surface area contributed by atoms with Crippen LogP contribution < -0.4 is 4.74 Å². The van der Waals surface area contributed by atoms with Gasteiger partial charge in [-0.1, -0.05) is 23.7 Å². The van der Waals surface area contributed by atoms with Crippen molar-refractivity contribution in [2.75, 3.05) is 0 Å². The van der Waals surface area contributed by atoms with E-state index in [4.69, 9.17) is 21.7 Å². The fourth-order valence-electron chi connectivity index (χ4n) is 2.62. The minimum atomic E-state index is -0.665. The number of nitriles is 1. The molecule has 1 N–H and O–H groups in total. The Morgan fingerprint density at radius 3 is 2.86 bits per heavy atom. The molecule has 1 aromatic carbocycles. The molecule has 21 heavy (non-hydrogen) atoms. The van der Waals surface area contributed by atoms with Crippen molar-refractivity contribution in [3.63, 3.8) is 0 Å². The topological polar surface area (TPSA) is 69.8 Å². The lowest BCUT2D eigenvalue weighted by Gasteiger charge is -2.30. The highest BCUT2D eigenvalue weighted by Crippen LogP contribution is 2.42. The molecular weight excluding hydrogens is 286 g/mol. The molecule has 3 rings (SSSR count). The number of hydrogen-bond acceptors (Lipinski definition) is 4. The number of aryl methyl sites for hydroxylation is 1. The molecule has 104 valence electrons. The van der Waals surface area contributed by atoms with Gasteiger partial charge in [0.1, 0.15) is 11.7 Å². The zero-order chi connectivity index (χ0) is 15.0. The Balaban J connectivity index is 2.20. The molecule has 1 aliphatic rings. The van der Waals surface area contributed by atoms with Gasteiger partial charge >= 0.3 is 0 Å². The zero-order valence-electron chi connectivity index (χ0n) is 11.3. The summed E-state index contributed by atoms with van der Waals surface area (Å²) in [4.78, 5) is 4.20. The Hall–Kier alpha value is -2.38. The second kappa shape index (κ2) is 5.19. The Morgan fingerprint density at radius 1 is 1.33 bits per heavy atom. The van der Waals surface area contributed by atoms with Gasteiger partial charge in [0, 0.05) is 28.9 Å². The first-order valence-electron chi connectivity index (χ1n) is 6.47. The van der Waals surface area contributed by atoms with Gasteiger partial charge in [-0.25, -0.2) is 0 Å². The van der Waals surface area contributed by atoms with Gasteiger partial charge in [-0.2, -0.15) is 5.26 Å².